The van der Waals surface area contributed by atoms with Crippen LogP contribution in [0.3, 0.4) is 0 Å². The molecule has 0 aliphatic heterocycles. The third-order valence-corrected chi connectivity index (χ3v) is 4.80. The minimum Gasteiger partial charge on any atom is -0.342 e. The molecule has 0 saturated heterocycles. The third kappa shape index (κ3) is 2.10. The summed E-state index contributed by atoms with van der Waals surface area (Å²) in [5.74, 6) is 1.39. The molecule has 0 N–H and O–H groups in total. The number of aryl methyl sites for hydroxylation is 1. The highest BCUT2D eigenvalue weighted by molar-refractivity contribution is 5.84. The molecule has 1 fully saturated rings. The number of nitriles is 1. The van der Waals surface area contributed by atoms with E-state index in [4.69, 9.17) is 5.26 Å². The fraction of sp³-hybridized carbons (Fsp3) is 0.529. The van der Waals surface area contributed by atoms with Gasteiger partial charge in [-0.05, 0) is 42.7 Å². The lowest BCUT2D eigenvalue weighted by molar-refractivity contribution is -0.132. The maximum Gasteiger partial charge on any atom is 0.226 e. The molecule has 2 aliphatic carbocycles. The molecule has 1 saturated carbocycles. The molecule has 1 amide bonds. The smallest absolute Gasteiger partial charge is 0.226 e. The van der Waals surface area contributed by atoms with Crippen molar-refractivity contribution in [3.63, 3.8) is 0 Å². The first-order valence-electron chi connectivity index (χ1n) is 7.51. The highest BCUT2D eigenvalue weighted by Crippen LogP contribution is 2.60. The van der Waals surface area contributed by atoms with Crippen molar-refractivity contribution >= 4 is 5.91 Å². The van der Waals surface area contributed by atoms with Crippen molar-refractivity contribution in [3.8, 4) is 6.07 Å². The van der Waals surface area contributed by atoms with Crippen LogP contribution in [0.2, 0.25) is 0 Å². The number of carbonyl (C=O) groups is 1. The summed E-state index contributed by atoms with van der Waals surface area (Å²) in [5, 5.41) is 8.70. The van der Waals surface area contributed by atoms with E-state index in [2.05, 4.69) is 30.3 Å². The second-order valence-electron chi connectivity index (χ2n) is 5.78. The van der Waals surface area contributed by atoms with Crippen molar-refractivity contribution in [1.29, 1.82) is 5.26 Å². The van der Waals surface area contributed by atoms with Crippen LogP contribution in [0.4, 0.5) is 0 Å². The van der Waals surface area contributed by atoms with E-state index in [1.807, 2.05) is 11.8 Å². The largest absolute Gasteiger partial charge is 0.342 e. The molecule has 20 heavy (non-hydrogen) atoms. The number of rotatable bonds is 4. The Morgan fingerprint density at radius 3 is 3.00 bits per heavy atom. The Hall–Kier alpha value is -1.82. The van der Waals surface area contributed by atoms with Crippen LogP contribution in [0, 0.1) is 23.2 Å². The SMILES string of the molecule is CCN(CCC#N)C(=O)C1C2CCc3ccccc3C21. The van der Waals surface area contributed by atoms with Gasteiger partial charge in [-0.2, -0.15) is 5.26 Å². The van der Waals surface area contributed by atoms with Gasteiger partial charge in [0.25, 0.3) is 0 Å². The Bertz CT molecular complexity index is 560. The molecule has 1 aromatic rings. The van der Waals surface area contributed by atoms with E-state index in [9.17, 15) is 4.79 Å². The van der Waals surface area contributed by atoms with Gasteiger partial charge in [-0.1, -0.05) is 24.3 Å². The van der Waals surface area contributed by atoms with Gasteiger partial charge in [0.2, 0.25) is 5.91 Å². The highest BCUT2D eigenvalue weighted by Gasteiger charge is 2.57. The molecule has 3 rings (SSSR count). The zero-order chi connectivity index (χ0) is 14.1. The number of amides is 1. The van der Waals surface area contributed by atoms with Gasteiger partial charge in [-0.15, -0.1) is 0 Å². The van der Waals surface area contributed by atoms with E-state index in [-0.39, 0.29) is 11.8 Å². The van der Waals surface area contributed by atoms with E-state index in [0.29, 0.717) is 31.3 Å². The molecular formula is C17H20N2O. The summed E-state index contributed by atoms with van der Waals surface area (Å²) in [6.45, 7) is 3.27. The van der Waals surface area contributed by atoms with Gasteiger partial charge in [0.05, 0.1) is 12.5 Å². The number of hydrogen-bond donors (Lipinski definition) is 0. The van der Waals surface area contributed by atoms with Crippen LogP contribution in [0.15, 0.2) is 24.3 Å². The molecule has 0 spiro atoms. The third-order valence-electron chi connectivity index (χ3n) is 4.80. The summed E-state index contributed by atoms with van der Waals surface area (Å²) in [7, 11) is 0. The van der Waals surface area contributed by atoms with E-state index in [1.165, 1.54) is 11.1 Å². The van der Waals surface area contributed by atoms with Gasteiger partial charge in [0.1, 0.15) is 0 Å². The van der Waals surface area contributed by atoms with Gasteiger partial charge >= 0.3 is 0 Å². The van der Waals surface area contributed by atoms with Crippen molar-refractivity contribution in [1.82, 2.24) is 4.90 Å². The number of fused-ring (bicyclic) bond motifs is 3. The zero-order valence-electron chi connectivity index (χ0n) is 11.9. The topological polar surface area (TPSA) is 44.1 Å². The van der Waals surface area contributed by atoms with Gasteiger partial charge in [0, 0.05) is 19.0 Å². The summed E-state index contributed by atoms with van der Waals surface area (Å²) in [5.41, 5.74) is 2.81. The quantitative estimate of drug-likeness (QED) is 0.842. The average Bonchev–Trinajstić information content (AvgIpc) is 3.22. The predicted molar refractivity (Wildman–Crippen MR) is 77.0 cm³/mol. The van der Waals surface area contributed by atoms with E-state index in [1.54, 1.807) is 0 Å². The number of benzene rings is 1. The summed E-state index contributed by atoms with van der Waals surface area (Å²) < 4.78 is 0. The lowest BCUT2D eigenvalue weighted by Gasteiger charge is -2.19. The van der Waals surface area contributed by atoms with Crippen LogP contribution in [0.25, 0.3) is 0 Å². The van der Waals surface area contributed by atoms with Crippen molar-refractivity contribution in [2.75, 3.05) is 13.1 Å². The molecule has 0 heterocycles. The molecule has 0 radical (unpaired) electrons. The van der Waals surface area contributed by atoms with Gasteiger partial charge in [-0.3, -0.25) is 4.79 Å². The van der Waals surface area contributed by atoms with Crippen molar-refractivity contribution in [2.24, 2.45) is 11.8 Å². The second-order valence-corrected chi connectivity index (χ2v) is 5.78. The Balaban J connectivity index is 1.75. The molecule has 104 valence electrons. The first-order valence-corrected chi connectivity index (χ1v) is 7.51. The van der Waals surface area contributed by atoms with Crippen LogP contribution < -0.4 is 0 Å². The summed E-state index contributed by atoms with van der Waals surface area (Å²) >= 11 is 0. The molecule has 3 unspecified atom stereocenters. The molecule has 0 aromatic heterocycles. The molecule has 3 atom stereocenters. The van der Waals surface area contributed by atoms with Crippen LogP contribution in [0.1, 0.15) is 36.8 Å². The Morgan fingerprint density at radius 1 is 1.45 bits per heavy atom. The number of carbonyl (C=O) groups excluding carboxylic acids is 1. The van der Waals surface area contributed by atoms with Crippen LogP contribution in [-0.4, -0.2) is 23.9 Å². The number of hydrogen-bond acceptors (Lipinski definition) is 2. The van der Waals surface area contributed by atoms with Crippen LogP contribution in [-0.2, 0) is 11.2 Å². The minimum atomic E-state index is 0.164. The lowest BCUT2D eigenvalue weighted by atomic mass is 9.92. The molecule has 0 bridgehead atoms. The van der Waals surface area contributed by atoms with E-state index in [0.717, 1.165) is 12.8 Å². The Kier molecular flexibility index (Phi) is 3.48. The van der Waals surface area contributed by atoms with Crippen molar-refractivity contribution in [3.05, 3.63) is 35.4 Å². The molecule has 3 nitrogen and oxygen atoms in total. The maximum absolute atomic E-state index is 12.6. The lowest BCUT2D eigenvalue weighted by Crippen LogP contribution is -2.33. The van der Waals surface area contributed by atoms with Gasteiger partial charge < -0.3 is 4.90 Å². The second kappa shape index (κ2) is 5.28. The molecule has 1 aromatic carbocycles. The highest BCUT2D eigenvalue weighted by atomic mass is 16.2. The first kappa shape index (κ1) is 13.2. The fourth-order valence-corrected chi connectivity index (χ4v) is 3.72. The molecular weight excluding hydrogens is 248 g/mol. The van der Waals surface area contributed by atoms with E-state index < -0.39 is 0 Å². The first-order chi connectivity index (χ1) is 9.77. The average molecular weight is 268 g/mol. The summed E-state index contributed by atoms with van der Waals surface area (Å²) in [6.07, 6.45) is 2.66. The van der Waals surface area contributed by atoms with Crippen LogP contribution >= 0.6 is 0 Å². The maximum atomic E-state index is 12.6. The van der Waals surface area contributed by atoms with Gasteiger partial charge in [0.15, 0.2) is 0 Å². The van der Waals surface area contributed by atoms with Gasteiger partial charge in [-0.25, -0.2) is 0 Å². The fourth-order valence-electron chi connectivity index (χ4n) is 3.72. The summed E-state index contributed by atoms with van der Waals surface area (Å²) in [6, 6.07) is 10.7. The normalized spacial score (nSPS) is 26.1. The Labute approximate surface area is 120 Å². The summed E-state index contributed by atoms with van der Waals surface area (Å²) in [4.78, 5) is 14.5. The zero-order valence-corrected chi connectivity index (χ0v) is 11.9. The van der Waals surface area contributed by atoms with Crippen LogP contribution in [0.5, 0.6) is 0 Å². The monoisotopic (exact) mass is 268 g/mol. The number of nitrogens with zero attached hydrogens (tertiary/aromatic N) is 2. The molecule has 3 heteroatoms. The standard InChI is InChI=1S/C17H20N2O/c1-2-19(11-5-10-18)17(20)16-14-9-8-12-6-3-4-7-13(12)15(14)16/h3-4,6-7,14-16H,2,5,8-9,11H2,1H3. The molecule has 2 aliphatic rings. The van der Waals surface area contributed by atoms with Crippen molar-refractivity contribution in [2.45, 2.75) is 32.1 Å². The van der Waals surface area contributed by atoms with Crippen molar-refractivity contribution < 1.29 is 4.79 Å². The Morgan fingerprint density at radius 2 is 2.25 bits per heavy atom. The van der Waals surface area contributed by atoms with E-state index >= 15 is 0 Å². The minimum absolute atomic E-state index is 0.164. The predicted octanol–water partition coefficient (Wildman–Crippen LogP) is 2.72.